The average Bonchev–Trinajstić information content (AvgIpc) is 3.21. The molecule has 3 aromatic rings. The van der Waals surface area contributed by atoms with Gasteiger partial charge in [-0.1, -0.05) is 32.0 Å². The summed E-state index contributed by atoms with van der Waals surface area (Å²) in [6.45, 7) is 5.25. The summed E-state index contributed by atoms with van der Waals surface area (Å²) in [6, 6.07) is 11.1. The van der Waals surface area contributed by atoms with E-state index in [0.717, 1.165) is 29.3 Å². The van der Waals surface area contributed by atoms with Gasteiger partial charge in [0, 0.05) is 48.4 Å². The topological polar surface area (TPSA) is 82.0 Å². The van der Waals surface area contributed by atoms with Crippen LogP contribution in [0.25, 0.3) is 17.0 Å². The number of carbonyl (C=O) groups is 2. The average molecular weight is 494 g/mol. The molecular weight excluding hydrogens is 458 g/mol. The van der Waals surface area contributed by atoms with Gasteiger partial charge in [-0.2, -0.15) is 0 Å². The van der Waals surface area contributed by atoms with Crippen molar-refractivity contribution >= 4 is 28.8 Å². The number of ether oxygens (including phenoxy) is 3. The zero-order valence-electron chi connectivity index (χ0n) is 21.9. The second-order valence-electron chi connectivity index (χ2n) is 8.43. The first kappa shape index (κ1) is 26.7. The van der Waals surface area contributed by atoms with Crippen LogP contribution in [-0.2, 0) is 11.8 Å². The van der Waals surface area contributed by atoms with E-state index in [1.807, 2.05) is 55.9 Å². The summed E-state index contributed by atoms with van der Waals surface area (Å²) in [4.78, 5) is 28.8. The maximum atomic E-state index is 13.7. The Hall–Kier alpha value is -3.94. The van der Waals surface area contributed by atoms with Gasteiger partial charge >= 0.3 is 0 Å². The minimum atomic E-state index is -0.456. The van der Waals surface area contributed by atoms with Gasteiger partial charge in [-0.3, -0.25) is 9.59 Å². The predicted molar refractivity (Wildman–Crippen MR) is 142 cm³/mol. The van der Waals surface area contributed by atoms with Gasteiger partial charge in [0.1, 0.15) is 5.70 Å². The molecular formula is C28H35N3O5. The van der Waals surface area contributed by atoms with E-state index in [4.69, 9.17) is 14.2 Å². The summed E-state index contributed by atoms with van der Waals surface area (Å²) < 4.78 is 18.2. The van der Waals surface area contributed by atoms with Gasteiger partial charge < -0.3 is 29.0 Å². The Morgan fingerprint density at radius 1 is 0.972 bits per heavy atom. The number of hydrogen-bond donors (Lipinski definition) is 1. The van der Waals surface area contributed by atoms with Crippen LogP contribution in [0.3, 0.4) is 0 Å². The van der Waals surface area contributed by atoms with Crippen LogP contribution in [0.4, 0.5) is 0 Å². The maximum Gasteiger partial charge on any atom is 0.270 e. The molecule has 0 unspecified atom stereocenters. The van der Waals surface area contributed by atoms with Crippen molar-refractivity contribution < 1.29 is 23.8 Å². The molecule has 0 saturated heterocycles. The number of methoxy groups -OCH3 is 3. The number of carbonyl (C=O) groups excluding carboxylic acids is 2. The van der Waals surface area contributed by atoms with Crippen LogP contribution in [0.2, 0.25) is 0 Å². The van der Waals surface area contributed by atoms with Gasteiger partial charge in [0.05, 0.1) is 21.3 Å². The molecule has 0 spiro atoms. The van der Waals surface area contributed by atoms with E-state index in [0.29, 0.717) is 30.3 Å². The number of rotatable bonds is 11. The number of aryl methyl sites for hydroxylation is 1. The van der Waals surface area contributed by atoms with Gasteiger partial charge in [-0.05, 0) is 37.1 Å². The maximum absolute atomic E-state index is 13.7. The molecule has 0 saturated carbocycles. The van der Waals surface area contributed by atoms with Crippen LogP contribution < -0.4 is 19.5 Å². The third-order valence-electron chi connectivity index (χ3n) is 5.91. The fourth-order valence-electron chi connectivity index (χ4n) is 4.23. The molecule has 8 heteroatoms. The molecule has 36 heavy (non-hydrogen) atoms. The molecule has 2 aromatic carbocycles. The van der Waals surface area contributed by atoms with E-state index in [-0.39, 0.29) is 17.2 Å². The van der Waals surface area contributed by atoms with Crippen LogP contribution >= 0.6 is 0 Å². The Balaban J connectivity index is 2.08. The van der Waals surface area contributed by atoms with E-state index in [1.165, 1.54) is 21.3 Å². The number of para-hydroxylation sites is 1. The van der Waals surface area contributed by atoms with Crippen molar-refractivity contribution in [3.63, 3.8) is 0 Å². The van der Waals surface area contributed by atoms with Crippen LogP contribution in [0.5, 0.6) is 17.2 Å². The molecule has 0 aliphatic rings. The highest BCUT2D eigenvalue weighted by molar-refractivity contribution is 6.07. The van der Waals surface area contributed by atoms with E-state index >= 15 is 0 Å². The van der Waals surface area contributed by atoms with Crippen molar-refractivity contribution in [1.29, 1.82) is 0 Å². The molecule has 1 heterocycles. The monoisotopic (exact) mass is 493 g/mol. The first-order valence-electron chi connectivity index (χ1n) is 12.0. The Kier molecular flexibility index (Phi) is 9.00. The Labute approximate surface area is 212 Å². The van der Waals surface area contributed by atoms with Crippen molar-refractivity contribution in [2.45, 2.75) is 26.7 Å². The van der Waals surface area contributed by atoms with Crippen LogP contribution in [0.1, 0.15) is 42.6 Å². The van der Waals surface area contributed by atoms with Gasteiger partial charge in [-0.25, -0.2) is 0 Å². The Morgan fingerprint density at radius 3 is 2.14 bits per heavy atom. The molecule has 2 amide bonds. The van der Waals surface area contributed by atoms with Gasteiger partial charge in [0.15, 0.2) is 11.5 Å². The van der Waals surface area contributed by atoms with Crippen LogP contribution in [0.15, 0.2) is 48.3 Å². The normalized spacial score (nSPS) is 11.3. The summed E-state index contributed by atoms with van der Waals surface area (Å²) in [5.41, 5.74) is 2.35. The lowest BCUT2D eigenvalue weighted by atomic mass is 10.1. The second kappa shape index (κ2) is 12.2. The molecule has 0 aliphatic heterocycles. The number of amides is 2. The largest absolute Gasteiger partial charge is 0.493 e. The third kappa shape index (κ3) is 5.64. The van der Waals surface area contributed by atoms with Gasteiger partial charge in [0.25, 0.3) is 11.8 Å². The fraction of sp³-hybridized carbons (Fsp3) is 0.357. The van der Waals surface area contributed by atoms with Crippen molar-refractivity contribution in [2.24, 2.45) is 7.05 Å². The molecule has 0 atom stereocenters. The number of aromatic nitrogens is 1. The van der Waals surface area contributed by atoms with Crippen molar-refractivity contribution in [3.05, 3.63) is 59.4 Å². The van der Waals surface area contributed by atoms with E-state index in [2.05, 4.69) is 5.32 Å². The Morgan fingerprint density at radius 2 is 1.58 bits per heavy atom. The zero-order valence-corrected chi connectivity index (χ0v) is 21.9. The SMILES string of the molecule is CCCN(CCC)C(=O)/C(=C/c1cn(C)c2ccccc12)NC(=O)c1cc(OC)c(OC)c(OC)c1. The lowest BCUT2D eigenvalue weighted by molar-refractivity contribution is -0.127. The fourth-order valence-corrected chi connectivity index (χ4v) is 4.23. The summed E-state index contributed by atoms with van der Waals surface area (Å²) in [6.07, 6.45) is 5.33. The number of benzene rings is 2. The summed E-state index contributed by atoms with van der Waals surface area (Å²) in [7, 11) is 6.43. The second-order valence-corrected chi connectivity index (χ2v) is 8.43. The molecule has 0 aliphatic carbocycles. The first-order chi connectivity index (χ1) is 17.4. The molecule has 1 aromatic heterocycles. The number of nitrogens with one attached hydrogen (secondary N) is 1. The van der Waals surface area contributed by atoms with Gasteiger partial charge in [0.2, 0.25) is 5.75 Å². The van der Waals surface area contributed by atoms with Crippen molar-refractivity contribution in [3.8, 4) is 17.2 Å². The van der Waals surface area contributed by atoms with Crippen LogP contribution in [0, 0.1) is 0 Å². The zero-order chi connectivity index (χ0) is 26.2. The molecule has 0 radical (unpaired) electrons. The minimum Gasteiger partial charge on any atom is -0.493 e. The summed E-state index contributed by atoms with van der Waals surface area (Å²) >= 11 is 0. The number of fused-ring (bicyclic) bond motifs is 1. The lowest BCUT2D eigenvalue weighted by Crippen LogP contribution is -2.39. The standard InChI is InChI=1S/C28H35N3O5/c1-7-13-31(14-8-2)28(33)22(15-20-18-30(3)23-12-10-9-11-21(20)23)29-27(32)19-16-24(34-4)26(36-6)25(17-19)35-5/h9-12,15-18H,7-8,13-14H2,1-6H3,(H,29,32)/b22-15-. The molecule has 192 valence electrons. The number of hydrogen-bond acceptors (Lipinski definition) is 5. The third-order valence-corrected chi connectivity index (χ3v) is 5.91. The van der Waals surface area contributed by atoms with E-state index < -0.39 is 5.91 Å². The molecule has 8 nitrogen and oxygen atoms in total. The summed E-state index contributed by atoms with van der Waals surface area (Å²) in [5, 5.41) is 3.85. The molecule has 3 rings (SSSR count). The molecule has 0 bridgehead atoms. The number of nitrogens with zero attached hydrogens (tertiary/aromatic N) is 2. The van der Waals surface area contributed by atoms with E-state index in [1.54, 1.807) is 23.1 Å². The smallest absolute Gasteiger partial charge is 0.270 e. The Bertz CT molecular complexity index is 1230. The quantitative estimate of drug-likeness (QED) is 0.394. The highest BCUT2D eigenvalue weighted by Crippen LogP contribution is 2.38. The lowest BCUT2D eigenvalue weighted by Gasteiger charge is -2.23. The highest BCUT2D eigenvalue weighted by Gasteiger charge is 2.23. The molecule has 0 fully saturated rings. The minimum absolute atomic E-state index is 0.201. The summed E-state index contributed by atoms with van der Waals surface area (Å²) in [5.74, 6) is 0.406. The van der Waals surface area contributed by atoms with Gasteiger partial charge in [-0.15, -0.1) is 0 Å². The highest BCUT2D eigenvalue weighted by atomic mass is 16.5. The van der Waals surface area contributed by atoms with Crippen molar-refractivity contribution in [2.75, 3.05) is 34.4 Å². The van der Waals surface area contributed by atoms with E-state index in [9.17, 15) is 9.59 Å². The van der Waals surface area contributed by atoms with Crippen molar-refractivity contribution in [1.82, 2.24) is 14.8 Å². The van der Waals surface area contributed by atoms with Crippen LogP contribution in [-0.4, -0.2) is 55.7 Å². The predicted octanol–water partition coefficient (Wildman–Crippen LogP) is 4.62. The first-order valence-corrected chi connectivity index (χ1v) is 12.0. The molecule has 1 N–H and O–H groups in total.